The van der Waals surface area contributed by atoms with E-state index in [2.05, 4.69) is 32.6 Å². The SMILES string of the molecule is C=C(C)c1ccc(N)cc1CCCCCC. The van der Waals surface area contributed by atoms with Crippen molar-refractivity contribution in [2.45, 2.75) is 46.0 Å². The van der Waals surface area contributed by atoms with E-state index in [9.17, 15) is 0 Å². The van der Waals surface area contributed by atoms with E-state index < -0.39 is 0 Å². The van der Waals surface area contributed by atoms with E-state index in [1.165, 1.54) is 36.8 Å². The van der Waals surface area contributed by atoms with Crippen molar-refractivity contribution in [3.63, 3.8) is 0 Å². The Morgan fingerprint density at radius 1 is 1.25 bits per heavy atom. The van der Waals surface area contributed by atoms with Crippen LogP contribution in [0.25, 0.3) is 5.57 Å². The molecular formula is C15H23N. The topological polar surface area (TPSA) is 26.0 Å². The van der Waals surface area contributed by atoms with Gasteiger partial charge in [0, 0.05) is 5.69 Å². The van der Waals surface area contributed by atoms with Crippen molar-refractivity contribution in [2.24, 2.45) is 0 Å². The quantitative estimate of drug-likeness (QED) is 0.554. The van der Waals surface area contributed by atoms with Gasteiger partial charge in [0.15, 0.2) is 0 Å². The summed E-state index contributed by atoms with van der Waals surface area (Å²) in [6.45, 7) is 8.31. The van der Waals surface area contributed by atoms with E-state index in [-0.39, 0.29) is 0 Å². The monoisotopic (exact) mass is 217 g/mol. The summed E-state index contributed by atoms with van der Waals surface area (Å²) in [4.78, 5) is 0. The Morgan fingerprint density at radius 3 is 2.62 bits per heavy atom. The van der Waals surface area contributed by atoms with Gasteiger partial charge in [0.05, 0.1) is 0 Å². The molecule has 16 heavy (non-hydrogen) atoms. The minimum atomic E-state index is 0.857. The maximum absolute atomic E-state index is 5.83. The molecule has 0 saturated heterocycles. The lowest BCUT2D eigenvalue weighted by Gasteiger charge is -2.10. The van der Waals surface area contributed by atoms with Crippen LogP contribution >= 0.6 is 0 Å². The molecular weight excluding hydrogens is 194 g/mol. The maximum atomic E-state index is 5.83. The number of nitrogens with two attached hydrogens (primary N) is 1. The Bertz CT molecular complexity index is 352. The lowest BCUT2D eigenvalue weighted by atomic mass is 9.96. The van der Waals surface area contributed by atoms with Crippen LogP contribution in [0.3, 0.4) is 0 Å². The van der Waals surface area contributed by atoms with Crippen LogP contribution in [0, 0.1) is 0 Å². The fourth-order valence-corrected chi connectivity index (χ4v) is 1.98. The predicted molar refractivity (Wildman–Crippen MR) is 73.4 cm³/mol. The number of rotatable bonds is 6. The number of anilines is 1. The Labute approximate surface area is 99.4 Å². The maximum Gasteiger partial charge on any atom is 0.0317 e. The van der Waals surface area contributed by atoms with Crippen molar-refractivity contribution >= 4 is 11.3 Å². The summed E-state index contributed by atoms with van der Waals surface area (Å²) in [5.74, 6) is 0. The van der Waals surface area contributed by atoms with Gasteiger partial charge in [-0.2, -0.15) is 0 Å². The molecule has 0 unspecified atom stereocenters. The molecule has 0 fully saturated rings. The summed E-state index contributed by atoms with van der Waals surface area (Å²) in [6.07, 6.45) is 6.28. The first kappa shape index (κ1) is 12.8. The second-order valence-electron chi connectivity index (χ2n) is 4.51. The standard InChI is InChI=1S/C15H23N/c1-4-5-6-7-8-13-11-14(16)9-10-15(13)12(2)3/h9-11H,2,4-8,16H2,1,3H3. The Kier molecular flexibility index (Phi) is 5.10. The molecule has 0 aliphatic rings. The molecule has 1 nitrogen and oxygen atoms in total. The van der Waals surface area contributed by atoms with Gasteiger partial charge in [-0.3, -0.25) is 0 Å². The zero-order chi connectivity index (χ0) is 12.0. The Balaban J connectivity index is 2.68. The van der Waals surface area contributed by atoms with Gasteiger partial charge < -0.3 is 5.73 Å². The summed E-state index contributed by atoms with van der Waals surface area (Å²) in [7, 11) is 0. The van der Waals surface area contributed by atoms with E-state index in [0.29, 0.717) is 0 Å². The van der Waals surface area contributed by atoms with Crippen LogP contribution in [-0.2, 0) is 6.42 Å². The summed E-state index contributed by atoms with van der Waals surface area (Å²) in [5.41, 5.74) is 10.4. The lowest BCUT2D eigenvalue weighted by molar-refractivity contribution is 0.666. The number of hydrogen-bond donors (Lipinski definition) is 1. The van der Waals surface area contributed by atoms with Gasteiger partial charge in [-0.25, -0.2) is 0 Å². The lowest BCUT2D eigenvalue weighted by Crippen LogP contribution is -1.95. The predicted octanol–water partition coefficient (Wildman–Crippen LogP) is 4.42. The first-order valence-electron chi connectivity index (χ1n) is 6.19. The Hall–Kier alpha value is -1.24. The van der Waals surface area contributed by atoms with E-state index in [0.717, 1.165) is 17.7 Å². The molecule has 0 aliphatic heterocycles. The van der Waals surface area contributed by atoms with Crippen molar-refractivity contribution in [3.05, 3.63) is 35.9 Å². The second kappa shape index (κ2) is 6.37. The first-order valence-corrected chi connectivity index (χ1v) is 6.19. The van der Waals surface area contributed by atoms with Gasteiger partial charge in [-0.15, -0.1) is 0 Å². The van der Waals surface area contributed by atoms with Crippen molar-refractivity contribution < 1.29 is 0 Å². The Morgan fingerprint density at radius 2 is 2.00 bits per heavy atom. The highest BCUT2D eigenvalue weighted by atomic mass is 14.5. The summed E-state index contributed by atoms with van der Waals surface area (Å²) in [5, 5.41) is 0. The zero-order valence-electron chi connectivity index (χ0n) is 10.6. The highest BCUT2D eigenvalue weighted by Gasteiger charge is 2.03. The summed E-state index contributed by atoms with van der Waals surface area (Å²) >= 11 is 0. The van der Waals surface area contributed by atoms with E-state index in [4.69, 9.17) is 5.73 Å². The largest absolute Gasteiger partial charge is 0.399 e. The van der Waals surface area contributed by atoms with Crippen molar-refractivity contribution in [1.29, 1.82) is 0 Å². The number of aryl methyl sites for hydroxylation is 1. The minimum absolute atomic E-state index is 0.857. The second-order valence-corrected chi connectivity index (χ2v) is 4.51. The van der Waals surface area contributed by atoms with Gasteiger partial charge in [-0.1, -0.05) is 44.4 Å². The number of hydrogen-bond acceptors (Lipinski definition) is 1. The molecule has 1 heteroatoms. The molecule has 0 aliphatic carbocycles. The number of allylic oxidation sites excluding steroid dienone is 1. The normalized spacial score (nSPS) is 10.4. The fraction of sp³-hybridized carbons (Fsp3) is 0.467. The van der Waals surface area contributed by atoms with Crippen LogP contribution < -0.4 is 5.73 Å². The van der Waals surface area contributed by atoms with Gasteiger partial charge in [0.1, 0.15) is 0 Å². The van der Waals surface area contributed by atoms with E-state index >= 15 is 0 Å². The van der Waals surface area contributed by atoms with Gasteiger partial charge >= 0.3 is 0 Å². The highest BCUT2D eigenvalue weighted by Crippen LogP contribution is 2.22. The van der Waals surface area contributed by atoms with Crippen LogP contribution in [0.15, 0.2) is 24.8 Å². The molecule has 1 rings (SSSR count). The van der Waals surface area contributed by atoms with Crippen LogP contribution in [-0.4, -0.2) is 0 Å². The van der Waals surface area contributed by atoms with Crippen molar-refractivity contribution in [3.8, 4) is 0 Å². The molecule has 88 valence electrons. The molecule has 0 spiro atoms. The number of nitrogen functional groups attached to an aromatic ring is 1. The first-order chi connectivity index (χ1) is 7.65. The fourth-order valence-electron chi connectivity index (χ4n) is 1.98. The van der Waals surface area contributed by atoms with Crippen molar-refractivity contribution in [2.75, 3.05) is 5.73 Å². The summed E-state index contributed by atoms with van der Waals surface area (Å²) < 4.78 is 0. The third-order valence-electron chi connectivity index (χ3n) is 2.89. The molecule has 0 amide bonds. The van der Waals surface area contributed by atoms with Gasteiger partial charge in [-0.05, 0) is 43.0 Å². The van der Waals surface area contributed by atoms with E-state index in [1.807, 2.05) is 6.07 Å². The molecule has 0 bridgehead atoms. The summed E-state index contributed by atoms with van der Waals surface area (Å²) in [6, 6.07) is 6.14. The zero-order valence-corrected chi connectivity index (χ0v) is 10.6. The third kappa shape index (κ3) is 3.73. The molecule has 1 aromatic carbocycles. The van der Waals surface area contributed by atoms with Gasteiger partial charge in [0.2, 0.25) is 0 Å². The molecule has 0 saturated carbocycles. The van der Waals surface area contributed by atoms with Gasteiger partial charge in [0.25, 0.3) is 0 Å². The average molecular weight is 217 g/mol. The average Bonchev–Trinajstić information content (AvgIpc) is 2.24. The number of benzene rings is 1. The van der Waals surface area contributed by atoms with Crippen LogP contribution in [0.5, 0.6) is 0 Å². The smallest absolute Gasteiger partial charge is 0.0317 e. The van der Waals surface area contributed by atoms with Crippen LogP contribution in [0.1, 0.15) is 50.7 Å². The molecule has 0 atom stereocenters. The molecule has 0 radical (unpaired) electrons. The minimum Gasteiger partial charge on any atom is -0.399 e. The molecule has 2 N–H and O–H groups in total. The number of unbranched alkanes of at least 4 members (excludes halogenated alkanes) is 3. The molecule has 0 heterocycles. The third-order valence-corrected chi connectivity index (χ3v) is 2.89. The van der Waals surface area contributed by atoms with Crippen molar-refractivity contribution in [1.82, 2.24) is 0 Å². The van der Waals surface area contributed by atoms with Crippen LogP contribution in [0.2, 0.25) is 0 Å². The highest BCUT2D eigenvalue weighted by molar-refractivity contribution is 5.66. The molecule has 0 aromatic heterocycles. The molecule has 1 aromatic rings. The van der Waals surface area contributed by atoms with Crippen LogP contribution in [0.4, 0.5) is 5.69 Å². The van der Waals surface area contributed by atoms with E-state index in [1.54, 1.807) is 0 Å².